The minimum Gasteiger partial charge on any atom is -0.283 e. The Morgan fingerprint density at radius 3 is 1.29 bits per heavy atom. The summed E-state index contributed by atoms with van der Waals surface area (Å²) in [7, 11) is 0. The zero-order chi connectivity index (χ0) is 40.0. The van der Waals surface area contributed by atoms with Crippen molar-refractivity contribution in [3.8, 4) is 0 Å². The second-order valence-electron chi connectivity index (χ2n) is 17.7. The van der Waals surface area contributed by atoms with Crippen LogP contribution in [0.25, 0.3) is 146 Å². The van der Waals surface area contributed by atoms with Gasteiger partial charge in [0.05, 0.1) is 23.1 Å². The van der Waals surface area contributed by atoms with E-state index in [4.69, 9.17) is 9.98 Å². The van der Waals surface area contributed by atoms with Crippen LogP contribution in [0.3, 0.4) is 0 Å². The molecule has 0 bridgehead atoms. The van der Waals surface area contributed by atoms with E-state index in [1.54, 1.807) is 4.40 Å². The summed E-state index contributed by atoms with van der Waals surface area (Å²) in [4.78, 5) is 38.8. The van der Waals surface area contributed by atoms with Gasteiger partial charge < -0.3 is 0 Å². The first-order chi connectivity index (χ1) is 30.6. The number of imidazole rings is 1. The van der Waals surface area contributed by atoms with Crippen molar-refractivity contribution >= 4 is 146 Å². The molecule has 3 aromatic heterocycles. The van der Waals surface area contributed by atoms with Gasteiger partial charge in [-0.15, -0.1) is 0 Å². The van der Waals surface area contributed by atoms with E-state index in [1.807, 2.05) is 47.1 Å². The topological polar surface area (TPSA) is 68.7 Å². The van der Waals surface area contributed by atoms with E-state index in [0.717, 1.165) is 75.8 Å². The van der Waals surface area contributed by atoms with Crippen molar-refractivity contribution in [2.45, 2.75) is 12.1 Å². The molecule has 1 aliphatic heterocycles. The second kappa shape index (κ2) is 9.86. The number of pyridine rings is 2. The van der Waals surface area contributed by atoms with Crippen LogP contribution in [-0.4, -0.2) is 20.0 Å². The largest absolute Gasteiger partial charge is 0.283 e. The number of fused-ring (bicyclic) bond motifs is 14. The maximum atomic E-state index is 14.3. The fourth-order valence-corrected chi connectivity index (χ4v) is 12.8. The van der Waals surface area contributed by atoms with Crippen LogP contribution in [0.4, 0.5) is 0 Å². The van der Waals surface area contributed by atoms with E-state index < -0.39 is 0 Å². The van der Waals surface area contributed by atoms with Gasteiger partial charge >= 0.3 is 0 Å². The van der Waals surface area contributed by atoms with Gasteiger partial charge in [0.15, 0.2) is 0 Å². The molecule has 2 atom stereocenters. The van der Waals surface area contributed by atoms with Gasteiger partial charge in [-0.1, -0.05) is 109 Å². The van der Waals surface area contributed by atoms with Crippen molar-refractivity contribution in [3.05, 3.63) is 172 Å². The van der Waals surface area contributed by atoms with Gasteiger partial charge in [-0.2, -0.15) is 0 Å². The molecule has 0 radical (unpaired) electrons. The van der Waals surface area contributed by atoms with Gasteiger partial charge in [-0.3, -0.25) is 23.5 Å². The Hall–Kier alpha value is -8.22. The molecule has 4 heterocycles. The number of aromatic nitrogens is 3. The van der Waals surface area contributed by atoms with Crippen molar-refractivity contribution in [2.75, 3.05) is 0 Å². The third-order valence-electron chi connectivity index (χ3n) is 15.2. The van der Waals surface area contributed by atoms with Gasteiger partial charge in [0, 0.05) is 32.3 Å². The van der Waals surface area contributed by atoms with Crippen LogP contribution in [0.1, 0.15) is 6.04 Å². The van der Waals surface area contributed by atoms with Crippen LogP contribution in [0.5, 0.6) is 0 Å². The van der Waals surface area contributed by atoms with Crippen molar-refractivity contribution in [1.82, 2.24) is 14.0 Å². The molecule has 282 valence electrons. The molecule has 0 N–H and O–H groups in total. The molecule has 0 fully saturated rings. The van der Waals surface area contributed by atoms with Gasteiger partial charge in [0.2, 0.25) is 0 Å². The molecule has 0 spiro atoms. The highest BCUT2D eigenvalue weighted by Gasteiger charge is 2.31. The van der Waals surface area contributed by atoms with E-state index >= 15 is 0 Å². The second-order valence-corrected chi connectivity index (χ2v) is 17.7. The Bertz CT molecular complexity index is 4800. The smallest absolute Gasteiger partial charge is 0.264 e. The SMILES string of the molecule is O=c1c2ccc3c4ccc5c6ccc7c8ccc9c(=O)n%10c%11ccccc%11nc%10c%10ccc(c%11ccc(c%12ccc(c%13ccc(c%14n1C1C=CC=CC1N=%14)c2c3%13)c4c5%12)c6c7%11)c8c9%10. The minimum atomic E-state index is -0.0920. The molecule has 1 aliphatic carbocycles. The Labute approximate surface area is 347 Å². The fourth-order valence-electron chi connectivity index (χ4n) is 12.8. The zero-order valence-electron chi connectivity index (χ0n) is 32.6. The van der Waals surface area contributed by atoms with Gasteiger partial charge in [0.25, 0.3) is 11.1 Å². The Morgan fingerprint density at radius 1 is 0.387 bits per heavy atom. The Kier molecular flexibility index (Phi) is 4.89. The van der Waals surface area contributed by atoms with Crippen LogP contribution in [-0.2, 0) is 0 Å². The molecular formula is C56H26N4O2. The molecule has 2 aliphatic rings. The molecule has 15 aromatic rings. The number of benzene rings is 12. The van der Waals surface area contributed by atoms with Gasteiger partial charge in [-0.25, -0.2) is 4.98 Å². The van der Waals surface area contributed by atoms with E-state index in [-0.39, 0.29) is 23.2 Å². The van der Waals surface area contributed by atoms with Crippen LogP contribution in [0, 0.1) is 0 Å². The summed E-state index contributed by atoms with van der Waals surface area (Å²) in [6, 6.07) is 43.6. The molecule has 17 rings (SSSR count). The minimum absolute atomic E-state index is 0.0253. The van der Waals surface area contributed by atoms with Crippen LogP contribution in [0.15, 0.2) is 160 Å². The summed E-state index contributed by atoms with van der Waals surface area (Å²) in [5.41, 5.74) is 3.14. The maximum Gasteiger partial charge on any atom is 0.264 e. The molecule has 0 amide bonds. The molecule has 12 aromatic carbocycles. The molecule has 0 saturated carbocycles. The number of hydrogen-bond donors (Lipinski definition) is 0. The molecule has 2 unspecified atom stereocenters. The van der Waals surface area contributed by atoms with E-state index in [0.29, 0.717) is 11.0 Å². The number of hydrogen-bond acceptors (Lipinski definition) is 4. The molecular weight excluding hydrogens is 761 g/mol. The lowest BCUT2D eigenvalue weighted by atomic mass is 9.81. The monoisotopic (exact) mass is 786 g/mol. The highest BCUT2D eigenvalue weighted by molar-refractivity contribution is 6.47. The predicted molar refractivity (Wildman–Crippen MR) is 256 cm³/mol. The molecule has 0 saturated heterocycles. The predicted octanol–water partition coefficient (Wildman–Crippen LogP) is 12.0. The van der Waals surface area contributed by atoms with E-state index in [2.05, 4.69) is 103 Å². The van der Waals surface area contributed by atoms with Crippen molar-refractivity contribution in [1.29, 1.82) is 0 Å². The molecule has 6 heteroatoms. The van der Waals surface area contributed by atoms with Crippen LogP contribution in [0.2, 0.25) is 0 Å². The van der Waals surface area contributed by atoms with E-state index in [1.165, 1.54) is 64.6 Å². The van der Waals surface area contributed by atoms with Crippen molar-refractivity contribution < 1.29 is 0 Å². The first-order valence-corrected chi connectivity index (χ1v) is 21.3. The summed E-state index contributed by atoms with van der Waals surface area (Å²) >= 11 is 0. The summed E-state index contributed by atoms with van der Waals surface area (Å²) in [6.45, 7) is 0. The normalized spacial score (nSPS) is 16.8. The third kappa shape index (κ3) is 3.15. The average Bonchev–Trinajstić information content (AvgIpc) is 3.91. The first kappa shape index (κ1) is 30.8. The number of rotatable bonds is 0. The van der Waals surface area contributed by atoms with Crippen LogP contribution >= 0.6 is 0 Å². The summed E-state index contributed by atoms with van der Waals surface area (Å²) in [5, 5.41) is 27.2. The molecule has 6 nitrogen and oxygen atoms in total. The highest BCUT2D eigenvalue weighted by atomic mass is 16.1. The Balaban J connectivity index is 0.995. The lowest BCUT2D eigenvalue weighted by molar-refractivity contribution is 0.577. The average molecular weight is 787 g/mol. The standard InChI is InChI=1S/C56H26N4O2/c61-55-39-23-19-35-31-15-11-27-28-12-16-32-36-20-24-40-52-38(54-58-42-6-2-4-8-44(42)60(54)56(40)62)22-18-34(50(36)52)30-14-10-26(46(28)48(30)32)25-9-13-29(47(31)45(25)27)33-17-21-37(51(39)49(33)35)53-57-41-5-1-3-7-43(41)59(53)55/h1-24,41,43H. The summed E-state index contributed by atoms with van der Waals surface area (Å²) < 4.78 is 3.69. The van der Waals surface area contributed by atoms with Crippen molar-refractivity contribution in [3.63, 3.8) is 0 Å². The van der Waals surface area contributed by atoms with Crippen molar-refractivity contribution in [2.24, 2.45) is 4.99 Å². The summed E-state index contributed by atoms with van der Waals surface area (Å²) in [5.74, 6) is 0. The van der Waals surface area contributed by atoms with E-state index in [9.17, 15) is 9.59 Å². The number of allylic oxidation sites excluding steroid dienone is 2. The lowest BCUT2D eigenvalue weighted by Crippen LogP contribution is -2.34. The number of para-hydroxylation sites is 2. The van der Waals surface area contributed by atoms with Crippen LogP contribution < -0.4 is 16.6 Å². The quantitative estimate of drug-likeness (QED) is 0.114. The summed E-state index contributed by atoms with van der Waals surface area (Å²) in [6.07, 6.45) is 8.25. The fraction of sp³-hybridized carbons (Fsp3) is 0.0357. The zero-order valence-corrected chi connectivity index (χ0v) is 32.6. The maximum absolute atomic E-state index is 14.3. The highest BCUT2D eigenvalue weighted by Crippen LogP contribution is 2.51. The van der Waals surface area contributed by atoms with Gasteiger partial charge in [0.1, 0.15) is 11.1 Å². The number of nitrogens with zero attached hydrogens (tertiary/aromatic N) is 4. The molecule has 62 heavy (non-hydrogen) atoms. The third-order valence-corrected chi connectivity index (χ3v) is 15.2. The van der Waals surface area contributed by atoms with Gasteiger partial charge in [-0.05, 0) is 133 Å². The first-order valence-electron chi connectivity index (χ1n) is 21.3. The lowest BCUT2D eigenvalue weighted by Gasteiger charge is -2.22. The Morgan fingerprint density at radius 2 is 0.774 bits per heavy atom.